The molecule has 0 heterocycles. The average Bonchev–Trinajstić information content (AvgIpc) is 2.28. The van der Waals surface area contributed by atoms with E-state index in [1.54, 1.807) is 19.2 Å². The van der Waals surface area contributed by atoms with Gasteiger partial charge in [-0.1, -0.05) is 6.07 Å². The fourth-order valence-electron chi connectivity index (χ4n) is 1.40. The fourth-order valence-corrected chi connectivity index (χ4v) is 1.40. The molecular weight excluding hydrogens is 220 g/mol. The Bertz CT molecular complexity index is 418. The van der Waals surface area contributed by atoms with Crippen LogP contribution >= 0.6 is 0 Å². The van der Waals surface area contributed by atoms with Gasteiger partial charge in [-0.2, -0.15) is 0 Å². The molecule has 0 aliphatic rings. The van der Waals surface area contributed by atoms with E-state index in [1.807, 2.05) is 6.92 Å². The maximum absolute atomic E-state index is 11.9. The van der Waals surface area contributed by atoms with Gasteiger partial charge in [-0.25, -0.2) is 0 Å². The van der Waals surface area contributed by atoms with Crippen LogP contribution in [0.5, 0.6) is 5.75 Å². The number of hydrogen-bond donors (Lipinski definition) is 2. The van der Waals surface area contributed by atoms with E-state index in [4.69, 9.17) is 0 Å². The van der Waals surface area contributed by atoms with E-state index in [2.05, 4.69) is 5.32 Å². The van der Waals surface area contributed by atoms with Crippen molar-refractivity contribution in [1.82, 2.24) is 10.2 Å². The average molecular weight is 236 g/mol. The Balaban J connectivity index is 2.67. The van der Waals surface area contributed by atoms with Gasteiger partial charge >= 0.3 is 0 Å². The lowest BCUT2D eigenvalue weighted by atomic mass is 10.2. The molecule has 0 unspecified atom stereocenters. The van der Waals surface area contributed by atoms with E-state index in [9.17, 15) is 14.7 Å². The Morgan fingerprint density at radius 3 is 2.71 bits per heavy atom. The molecule has 0 spiro atoms. The monoisotopic (exact) mass is 236 g/mol. The van der Waals surface area contributed by atoms with Crippen LogP contribution in [-0.4, -0.2) is 42.0 Å². The first kappa shape index (κ1) is 13.0. The molecule has 5 heteroatoms. The molecule has 0 saturated carbocycles. The highest BCUT2D eigenvalue weighted by Gasteiger charge is 2.14. The Morgan fingerprint density at radius 2 is 2.12 bits per heavy atom. The van der Waals surface area contributed by atoms with Crippen LogP contribution in [0.2, 0.25) is 0 Å². The molecule has 17 heavy (non-hydrogen) atoms. The van der Waals surface area contributed by atoms with Crippen molar-refractivity contribution >= 4 is 11.8 Å². The Morgan fingerprint density at radius 1 is 1.41 bits per heavy atom. The predicted octanol–water partition coefficient (Wildman–Crippen LogP) is 0.600. The van der Waals surface area contributed by atoms with Crippen LogP contribution in [-0.2, 0) is 4.79 Å². The van der Waals surface area contributed by atoms with Crippen molar-refractivity contribution in [3.05, 3.63) is 29.8 Å². The van der Waals surface area contributed by atoms with Crippen molar-refractivity contribution in [1.29, 1.82) is 0 Å². The lowest BCUT2D eigenvalue weighted by Gasteiger charge is -2.16. The third-order valence-electron chi connectivity index (χ3n) is 2.19. The molecule has 0 aliphatic carbocycles. The predicted molar refractivity (Wildman–Crippen MR) is 63.8 cm³/mol. The number of phenolic OH excluding ortho intramolecular Hbond substituents is 1. The van der Waals surface area contributed by atoms with Gasteiger partial charge in [0, 0.05) is 19.2 Å². The van der Waals surface area contributed by atoms with Crippen molar-refractivity contribution in [3.63, 3.8) is 0 Å². The topological polar surface area (TPSA) is 69.6 Å². The largest absolute Gasteiger partial charge is 0.508 e. The van der Waals surface area contributed by atoms with Crippen molar-refractivity contribution in [2.24, 2.45) is 0 Å². The first-order chi connectivity index (χ1) is 8.04. The first-order valence-electron chi connectivity index (χ1n) is 5.35. The number of phenols is 1. The normalized spacial score (nSPS) is 9.76. The zero-order valence-corrected chi connectivity index (χ0v) is 9.93. The molecule has 2 amide bonds. The minimum absolute atomic E-state index is 0.00231. The van der Waals surface area contributed by atoms with Crippen molar-refractivity contribution in [2.45, 2.75) is 6.92 Å². The van der Waals surface area contributed by atoms with E-state index in [0.29, 0.717) is 12.1 Å². The molecule has 2 N–H and O–H groups in total. The second-order valence-electron chi connectivity index (χ2n) is 3.67. The molecule has 92 valence electrons. The van der Waals surface area contributed by atoms with Crippen molar-refractivity contribution in [3.8, 4) is 5.75 Å². The number of carbonyl (C=O) groups is 2. The molecule has 0 aliphatic heterocycles. The zero-order valence-electron chi connectivity index (χ0n) is 9.93. The molecule has 1 aromatic carbocycles. The quantitative estimate of drug-likeness (QED) is 0.804. The van der Waals surface area contributed by atoms with Crippen LogP contribution in [0.4, 0.5) is 0 Å². The van der Waals surface area contributed by atoms with Crippen molar-refractivity contribution in [2.75, 3.05) is 20.1 Å². The van der Waals surface area contributed by atoms with Crippen molar-refractivity contribution < 1.29 is 14.7 Å². The number of aromatic hydroxyl groups is 1. The summed E-state index contributed by atoms with van der Waals surface area (Å²) in [5.74, 6) is -0.474. The lowest BCUT2D eigenvalue weighted by Crippen LogP contribution is -2.38. The van der Waals surface area contributed by atoms with Gasteiger partial charge in [0.25, 0.3) is 5.91 Å². The number of rotatable bonds is 4. The first-order valence-corrected chi connectivity index (χ1v) is 5.35. The maximum Gasteiger partial charge on any atom is 0.254 e. The number of likely N-dealkylation sites (N-methyl/N-ethyl adjacent to an activating group) is 2. The Labute approximate surface area is 100 Å². The van der Waals surface area contributed by atoms with Gasteiger partial charge in [-0.15, -0.1) is 0 Å². The summed E-state index contributed by atoms with van der Waals surface area (Å²) in [6.07, 6.45) is 0. The molecule has 1 aromatic rings. The van der Waals surface area contributed by atoms with Gasteiger partial charge in [0.1, 0.15) is 5.75 Å². The summed E-state index contributed by atoms with van der Waals surface area (Å²) in [7, 11) is 1.54. The highest BCUT2D eigenvalue weighted by atomic mass is 16.3. The zero-order chi connectivity index (χ0) is 12.8. The fraction of sp³-hybridized carbons (Fsp3) is 0.333. The van der Waals surface area contributed by atoms with Gasteiger partial charge in [0.2, 0.25) is 5.91 Å². The summed E-state index contributed by atoms with van der Waals surface area (Å²) in [6, 6.07) is 6.04. The summed E-state index contributed by atoms with van der Waals surface area (Å²) >= 11 is 0. The molecule has 0 radical (unpaired) electrons. The minimum atomic E-state index is -0.299. The summed E-state index contributed by atoms with van der Waals surface area (Å²) in [6.45, 7) is 2.35. The van der Waals surface area contributed by atoms with Gasteiger partial charge in [-0.05, 0) is 25.1 Å². The third kappa shape index (κ3) is 3.79. The molecule has 0 bridgehead atoms. The molecule has 0 fully saturated rings. The van der Waals surface area contributed by atoms with E-state index in [-0.39, 0.29) is 24.1 Å². The van der Waals surface area contributed by atoms with Crippen LogP contribution in [0.25, 0.3) is 0 Å². The second kappa shape index (κ2) is 5.89. The van der Waals surface area contributed by atoms with Gasteiger partial charge in [0.15, 0.2) is 0 Å². The lowest BCUT2D eigenvalue weighted by molar-refractivity contribution is -0.121. The molecule has 0 saturated heterocycles. The molecule has 1 rings (SSSR count). The number of carbonyl (C=O) groups excluding carboxylic acids is 2. The number of nitrogens with one attached hydrogen (secondary N) is 1. The maximum atomic E-state index is 11.9. The highest BCUT2D eigenvalue weighted by molar-refractivity contribution is 5.96. The summed E-state index contributed by atoms with van der Waals surface area (Å²) < 4.78 is 0. The number of benzene rings is 1. The minimum Gasteiger partial charge on any atom is -0.508 e. The number of nitrogens with zero attached hydrogens (tertiary/aromatic N) is 1. The second-order valence-corrected chi connectivity index (χ2v) is 3.67. The van der Waals surface area contributed by atoms with Gasteiger partial charge < -0.3 is 15.3 Å². The Hall–Kier alpha value is -2.04. The van der Waals surface area contributed by atoms with Crippen LogP contribution in [0.3, 0.4) is 0 Å². The van der Waals surface area contributed by atoms with Crippen LogP contribution in [0, 0.1) is 0 Å². The van der Waals surface area contributed by atoms with Crippen LogP contribution in [0.15, 0.2) is 24.3 Å². The molecule has 0 atom stereocenters. The molecule has 5 nitrogen and oxygen atoms in total. The Kier molecular flexibility index (Phi) is 4.51. The summed E-state index contributed by atoms with van der Waals surface area (Å²) in [5, 5.41) is 11.9. The van der Waals surface area contributed by atoms with Crippen LogP contribution < -0.4 is 5.32 Å². The van der Waals surface area contributed by atoms with E-state index in [0.717, 1.165) is 0 Å². The summed E-state index contributed by atoms with van der Waals surface area (Å²) in [5.41, 5.74) is 0.358. The SMILES string of the molecule is CCNC(=O)CN(C)C(=O)c1cccc(O)c1. The molecular formula is C12H16N2O3. The van der Waals surface area contributed by atoms with Gasteiger partial charge in [-0.3, -0.25) is 9.59 Å². The standard InChI is InChI=1S/C12H16N2O3/c1-3-13-11(16)8-14(2)12(17)9-5-4-6-10(15)7-9/h4-7,15H,3,8H2,1-2H3,(H,13,16). The van der Waals surface area contributed by atoms with Gasteiger partial charge in [0.05, 0.1) is 6.54 Å². The third-order valence-corrected chi connectivity index (χ3v) is 2.19. The van der Waals surface area contributed by atoms with E-state index < -0.39 is 0 Å². The van der Waals surface area contributed by atoms with E-state index >= 15 is 0 Å². The summed E-state index contributed by atoms with van der Waals surface area (Å²) in [4.78, 5) is 24.5. The number of hydrogen-bond acceptors (Lipinski definition) is 3. The van der Waals surface area contributed by atoms with E-state index in [1.165, 1.54) is 17.0 Å². The molecule has 0 aromatic heterocycles. The number of amides is 2. The smallest absolute Gasteiger partial charge is 0.254 e. The highest BCUT2D eigenvalue weighted by Crippen LogP contribution is 2.12. The van der Waals surface area contributed by atoms with Crippen LogP contribution in [0.1, 0.15) is 17.3 Å².